The molecule has 3 atom stereocenters. The maximum Gasteiger partial charge on any atom is 0.191 e. The summed E-state index contributed by atoms with van der Waals surface area (Å²) in [5, 5.41) is 21.3. The second kappa shape index (κ2) is 7.36. The van der Waals surface area contributed by atoms with Crippen molar-refractivity contribution in [2.45, 2.75) is 37.8 Å². The summed E-state index contributed by atoms with van der Waals surface area (Å²) < 4.78 is 0. The van der Waals surface area contributed by atoms with Crippen LogP contribution in [0.4, 0.5) is 0 Å². The number of aliphatic hydroxyl groups is 1. The van der Waals surface area contributed by atoms with Crippen LogP contribution < -0.4 is 10.6 Å². The fourth-order valence-electron chi connectivity index (χ4n) is 2.81. The average Bonchev–Trinajstić information content (AvgIpc) is 3.11. The fourth-order valence-corrected chi connectivity index (χ4v) is 3.60. The Morgan fingerprint density at radius 1 is 1.33 bits per heavy atom. The van der Waals surface area contributed by atoms with Gasteiger partial charge in [-0.25, -0.2) is 4.99 Å². The molecule has 2 aromatic rings. The molecule has 1 saturated carbocycles. The van der Waals surface area contributed by atoms with Crippen LogP contribution in [0.5, 0.6) is 0 Å². The molecule has 0 radical (unpaired) electrons. The van der Waals surface area contributed by atoms with Gasteiger partial charge in [0.1, 0.15) is 5.60 Å². The molecule has 1 aliphatic carbocycles. The molecule has 0 amide bonds. The normalized spacial score (nSPS) is 22.7. The van der Waals surface area contributed by atoms with Crippen LogP contribution >= 0.6 is 11.3 Å². The van der Waals surface area contributed by atoms with Gasteiger partial charge in [0, 0.05) is 18.5 Å². The van der Waals surface area contributed by atoms with Crippen molar-refractivity contribution in [3.05, 3.63) is 58.3 Å². The quantitative estimate of drug-likeness (QED) is 0.558. The highest BCUT2D eigenvalue weighted by Gasteiger charge is 2.39. The lowest BCUT2D eigenvalue weighted by Gasteiger charge is -2.21. The molecule has 0 bridgehead atoms. The third-order valence-electron chi connectivity index (χ3n) is 4.37. The highest BCUT2D eigenvalue weighted by atomic mass is 32.1. The number of thiophene rings is 1. The molecule has 1 aromatic carbocycles. The molecule has 1 aliphatic rings. The molecular weight excluding hydrogens is 318 g/mol. The highest BCUT2D eigenvalue weighted by molar-refractivity contribution is 7.08. The molecule has 4 nitrogen and oxygen atoms in total. The van der Waals surface area contributed by atoms with Gasteiger partial charge in [0.05, 0.1) is 6.54 Å². The Morgan fingerprint density at radius 3 is 2.79 bits per heavy atom. The summed E-state index contributed by atoms with van der Waals surface area (Å²) in [6.45, 7) is 5.00. The summed E-state index contributed by atoms with van der Waals surface area (Å²) in [6.07, 6.45) is 1.12. The van der Waals surface area contributed by atoms with E-state index in [-0.39, 0.29) is 0 Å². The van der Waals surface area contributed by atoms with E-state index in [0.29, 0.717) is 18.5 Å². The minimum atomic E-state index is -0.940. The number of rotatable bonds is 6. The van der Waals surface area contributed by atoms with Gasteiger partial charge in [-0.1, -0.05) is 30.3 Å². The fraction of sp³-hybridized carbons (Fsp3) is 0.421. The van der Waals surface area contributed by atoms with Gasteiger partial charge in [-0.3, -0.25) is 0 Å². The molecule has 3 rings (SSSR count). The number of aliphatic imine (C=N–C) groups is 1. The number of benzene rings is 1. The van der Waals surface area contributed by atoms with E-state index in [0.717, 1.165) is 24.5 Å². The first kappa shape index (κ1) is 17.0. The summed E-state index contributed by atoms with van der Waals surface area (Å²) in [5.41, 5.74) is 1.35. The van der Waals surface area contributed by atoms with Gasteiger partial charge in [-0.05, 0) is 48.2 Å². The van der Waals surface area contributed by atoms with Crippen molar-refractivity contribution in [3.8, 4) is 0 Å². The minimum Gasteiger partial charge on any atom is -0.383 e. The summed E-state index contributed by atoms with van der Waals surface area (Å²) in [6, 6.07) is 12.9. The molecule has 3 N–H and O–H groups in total. The number of nitrogens with one attached hydrogen (secondary N) is 2. The van der Waals surface area contributed by atoms with Crippen LogP contribution in [0.25, 0.3) is 0 Å². The predicted molar refractivity (Wildman–Crippen MR) is 101 cm³/mol. The second-order valence-electron chi connectivity index (χ2n) is 6.48. The van der Waals surface area contributed by atoms with E-state index < -0.39 is 5.60 Å². The first-order chi connectivity index (χ1) is 11.6. The van der Waals surface area contributed by atoms with E-state index in [2.05, 4.69) is 46.8 Å². The van der Waals surface area contributed by atoms with E-state index in [1.165, 1.54) is 5.56 Å². The summed E-state index contributed by atoms with van der Waals surface area (Å²) >= 11 is 1.59. The molecule has 1 heterocycles. The van der Waals surface area contributed by atoms with Gasteiger partial charge in [0.25, 0.3) is 0 Å². The number of nitrogens with zero attached hydrogens (tertiary/aromatic N) is 1. The van der Waals surface area contributed by atoms with Crippen molar-refractivity contribution in [3.63, 3.8) is 0 Å². The molecular formula is C19H25N3OS. The van der Waals surface area contributed by atoms with Crippen LogP contribution in [0.3, 0.4) is 0 Å². The van der Waals surface area contributed by atoms with Crippen LogP contribution in [0.2, 0.25) is 0 Å². The van der Waals surface area contributed by atoms with Gasteiger partial charge in [-0.15, -0.1) is 0 Å². The summed E-state index contributed by atoms with van der Waals surface area (Å²) in [4.78, 5) is 4.60. The van der Waals surface area contributed by atoms with Gasteiger partial charge >= 0.3 is 0 Å². The largest absolute Gasteiger partial charge is 0.383 e. The van der Waals surface area contributed by atoms with Crippen LogP contribution in [0, 0.1) is 0 Å². The Labute approximate surface area is 147 Å². The number of hydrogen-bond acceptors (Lipinski definition) is 3. The standard InChI is InChI=1S/C19H25N3OS/c1-3-20-18(21-13-19(2,23)15-9-10-24-12-15)22-17-11-16(17)14-7-5-4-6-8-14/h4-10,12,16-17,23H,3,11,13H2,1-2H3,(H2,20,21,22). The molecule has 1 fully saturated rings. The molecule has 3 unspecified atom stereocenters. The number of hydrogen-bond donors (Lipinski definition) is 3. The molecule has 1 aromatic heterocycles. The van der Waals surface area contributed by atoms with E-state index in [1.807, 2.05) is 29.8 Å². The zero-order valence-electron chi connectivity index (χ0n) is 14.2. The van der Waals surface area contributed by atoms with Gasteiger partial charge in [0.2, 0.25) is 0 Å². The van der Waals surface area contributed by atoms with Crippen LogP contribution in [-0.2, 0) is 5.60 Å². The highest BCUT2D eigenvalue weighted by Crippen LogP contribution is 2.40. The lowest BCUT2D eigenvalue weighted by Crippen LogP contribution is -2.40. The van der Waals surface area contributed by atoms with Gasteiger partial charge in [0.15, 0.2) is 5.96 Å². The maximum absolute atomic E-state index is 10.6. The monoisotopic (exact) mass is 343 g/mol. The second-order valence-corrected chi connectivity index (χ2v) is 7.26. The maximum atomic E-state index is 10.6. The molecule has 128 valence electrons. The summed E-state index contributed by atoms with van der Waals surface area (Å²) in [5.74, 6) is 1.32. The Morgan fingerprint density at radius 2 is 2.12 bits per heavy atom. The van der Waals surface area contributed by atoms with Crippen molar-refractivity contribution < 1.29 is 5.11 Å². The summed E-state index contributed by atoms with van der Waals surface area (Å²) in [7, 11) is 0. The average molecular weight is 343 g/mol. The lowest BCUT2D eigenvalue weighted by atomic mass is 10.00. The van der Waals surface area contributed by atoms with E-state index in [4.69, 9.17) is 0 Å². The van der Waals surface area contributed by atoms with Crippen LogP contribution in [-0.4, -0.2) is 30.2 Å². The molecule has 0 spiro atoms. The topological polar surface area (TPSA) is 56.7 Å². The molecule has 24 heavy (non-hydrogen) atoms. The molecule has 5 heteroatoms. The zero-order chi connectivity index (χ0) is 17.0. The van der Waals surface area contributed by atoms with Crippen molar-refractivity contribution in [2.24, 2.45) is 4.99 Å². The molecule has 0 saturated heterocycles. The SMILES string of the molecule is CCNC(=NCC(C)(O)c1ccsc1)NC1CC1c1ccccc1. The number of guanidine groups is 1. The van der Waals surface area contributed by atoms with Crippen LogP contribution in [0.1, 0.15) is 37.3 Å². The Hall–Kier alpha value is -1.85. The van der Waals surface area contributed by atoms with Gasteiger partial charge < -0.3 is 15.7 Å². The van der Waals surface area contributed by atoms with Crippen molar-refractivity contribution in [1.29, 1.82) is 0 Å². The minimum absolute atomic E-state index is 0.335. The van der Waals surface area contributed by atoms with Crippen molar-refractivity contribution in [1.82, 2.24) is 10.6 Å². The Balaban J connectivity index is 1.61. The smallest absolute Gasteiger partial charge is 0.191 e. The van der Waals surface area contributed by atoms with Gasteiger partial charge in [-0.2, -0.15) is 11.3 Å². The molecule has 0 aliphatic heterocycles. The van der Waals surface area contributed by atoms with E-state index in [1.54, 1.807) is 11.3 Å². The van der Waals surface area contributed by atoms with Crippen molar-refractivity contribution >= 4 is 17.3 Å². The van der Waals surface area contributed by atoms with Crippen LogP contribution in [0.15, 0.2) is 52.2 Å². The van der Waals surface area contributed by atoms with Crippen molar-refractivity contribution in [2.75, 3.05) is 13.1 Å². The first-order valence-electron chi connectivity index (χ1n) is 8.45. The lowest BCUT2D eigenvalue weighted by molar-refractivity contribution is 0.0677. The predicted octanol–water partition coefficient (Wildman–Crippen LogP) is 3.07. The van der Waals surface area contributed by atoms with E-state index in [9.17, 15) is 5.11 Å². The third-order valence-corrected chi connectivity index (χ3v) is 5.06. The third kappa shape index (κ3) is 4.16. The Kier molecular flexibility index (Phi) is 5.21. The van der Waals surface area contributed by atoms with E-state index >= 15 is 0 Å². The Bertz CT molecular complexity index is 667. The first-order valence-corrected chi connectivity index (χ1v) is 9.39. The zero-order valence-corrected chi connectivity index (χ0v) is 15.0.